The SMILES string of the molecule is COc1ccc2ncc(N(C)C)c(C(F)CCC3(C(=O)O)CCN(CCOc4c(F)cc(F)cc4F)CC3)c2c1. The second kappa shape index (κ2) is 12.3. The van der Waals surface area contributed by atoms with E-state index in [1.165, 1.54) is 7.11 Å². The Labute approximate surface area is 230 Å². The fourth-order valence-electron chi connectivity index (χ4n) is 5.26. The number of benzene rings is 2. The molecule has 0 bridgehead atoms. The molecular weight excluding hydrogens is 530 g/mol. The number of fused-ring (bicyclic) bond motifs is 1. The lowest BCUT2D eigenvalue weighted by Crippen LogP contribution is -2.45. The van der Waals surface area contributed by atoms with Crippen molar-refractivity contribution in [2.24, 2.45) is 5.41 Å². The molecule has 1 saturated heterocycles. The van der Waals surface area contributed by atoms with Crippen molar-refractivity contribution < 1.29 is 36.9 Å². The number of pyridine rings is 1. The molecule has 0 saturated carbocycles. The number of rotatable bonds is 11. The molecule has 4 rings (SSSR count). The molecule has 2 aromatic carbocycles. The van der Waals surface area contributed by atoms with Gasteiger partial charge in [-0.3, -0.25) is 14.7 Å². The maximum atomic E-state index is 16.0. The van der Waals surface area contributed by atoms with E-state index in [1.807, 2.05) is 4.90 Å². The monoisotopic (exact) mass is 563 g/mol. The van der Waals surface area contributed by atoms with Gasteiger partial charge in [0.2, 0.25) is 0 Å². The van der Waals surface area contributed by atoms with E-state index >= 15 is 4.39 Å². The smallest absolute Gasteiger partial charge is 0.309 e. The summed E-state index contributed by atoms with van der Waals surface area (Å²) in [6.45, 7) is 1.05. The van der Waals surface area contributed by atoms with Gasteiger partial charge in [0.1, 0.15) is 24.3 Å². The summed E-state index contributed by atoms with van der Waals surface area (Å²) in [5.74, 6) is -4.33. The van der Waals surface area contributed by atoms with E-state index in [2.05, 4.69) is 4.98 Å². The van der Waals surface area contributed by atoms with E-state index < -0.39 is 40.8 Å². The lowest BCUT2D eigenvalue weighted by molar-refractivity contribution is -0.153. The predicted octanol–water partition coefficient (Wildman–Crippen LogP) is 5.76. The minimum absolute atomic E-state index is 0.00962. The van der Waals surface area contributed by atoms with Gasteiger partial charge in [0, 0.05) is 43.7 Å². The molecule has 2 heterocycles. The lowest BCUT2D eigenvalue weighted by Gasteiger charge is -2.39. The number of carboxylic acids is 1. The van der Waals surface area contributed by atoms with Crippen LogP contribution in [-0.4, -0.2) is 68.4 Å². The molecule has 0 spiro atoms. The molecule has 216 valence electrons. The van der Waals surface area contributed by atoms with Crippen LogP contribution in [0.5, 0.6) is 11.5 Å². The maximum Gasteiger partial charge on any atom is 0.309 e. The molecule has 1 aromatic heterocycles. The van der Waals surface area contributed by atoms with Crippen LogP contribution in [0, 0.1) is 22.9 Å². The largest absolute Gasteiger partial charge is 0.497 e. The molecule has 1 aliphatic heterocycles. The number of nitrogens with zero attached hydrogens (tertiary/aromatic N) is 3. The van der Waals surface area contributed by atoms with E-state index in [9.17, 15) is 23.1 Å². The molecule has 1 atom stereocenters. The third-order valence-corrected chi connectivity index (χ3v) is 7.65. The molecule has 11 heteroatoms. The molecule has 0 aliphatic carbocycles. The van der Waals surface area contributed by atoms with Gasteiger partial charge in [0.25, 0.3) is 0 Å². The number of anilines is 1. The number of alkyl halides is 1. The Morgan fingerprint density at radius 2 is 1.82 bits per heavy atom. The number of aromatic nitrogens is 1. The molecule has 40 heavy (non-hydrogen) atoms. The van der Waals surface area contributed by atoms with E-state index in [-0.39, 0.29) is 19.4 Å². The van der Waals surface area contributed by atoms with Crippen molar-refractivity contribution >= 4 is 22.6 Å². The van der Waals surface area contributed by atoms with Crippen LogP contribution in [0.4, 0.5) is 23.2 Å². The quantitative estimate of drug-likeness (QED) is 0.297. The molecule has 7 nitrogen and oxygen atoms in total. The highest BCUT2D eigenvalue weighted by Crippen LogP contribution is 2.43. The van der Waals surface area contributed by atoms with Crippen LogP contribution < -0.4 is 14.4 Å². The van der Waals surface area contributed by atoms with E-state index in [0.29, 0.717) is 72.5 Å². The molecule has 1 N–H and O–H groups in total. The summed E-state index contributed by atoms with van der Waals surface area (Å²) in [4.78, 5) is 20.6. The van der Waals surface area contributed by atoms with Gasteiger partial charge < -0.3 is 19.5 Å². The van der Waals surface area contributed by atoms with Crippen LogP contribution in [0.2, 0.25) is 0 Å². The van der Waals surface area contributed by atoms with Crippen molar-refractivity contribution in [2.75, 3.05) is 52.3 Å². The summed E-state index contributed by atoms with van der Waals surface area (Å²) >= 11 is 0. The highest BCUT2D eigenvalue weighted by molar-refractivity contribution is 5.88. The maximum absolute atomic E-state index is 16.0. The second-order valence-electron chi connectivity index (χ2n) is 10.3. The van der Waals surface area contributed by atoms with Crippen LogP contribution in [0.25, 0.3) is 10.9 Å². The highest BCUT2D eigenvalue weighted by atomic mass is 19.1. The number of carbonyl (C=O) groups is 1. The molecule has 0 amide bonds. The average Bonchev–Trinajstić information content (AvgIpc) is 2.92. The summed E-state index contributed by atoms with van der Waals surface area (Å²) < 4.78 is 67.2. The van der Waals surface area contributed by atoms with E-state index in [0.717, 1.165) is 0 Å². The van der Waals surface area contributed by atoms with Crippen LogP contribution >= 0.6 is 0 Å². The number of carboxylic acid groups (broad SMARTS) is 1. The number of piperidine rings is 1. The Balaban J connectivity index is 1.41. The first kappa shape index (κ1) is 29.4. The Kier molecular flexibility index (Phi) is 9.02. The van der Waals surface area contributed by atoms with Crippen molar-refractivity contribution in [1.82, 2.24) is 9.88 Å². The van der Waals surface area contributed by atoms with Gasteiger partial charge in [0.05, 0.1) is 29.9 Å². The third-order valence-electron chi connectivity index (χ3n) is 7.65. The van der Waals surface area contributed by atoms with Gasteiger partial charge in [-0.2, -0.15) is 0 Å². The van der Waals surface area contributed by atoms with Crippen molar-refractivity contribution in [1.29, 1.82) is 0 Å². The fourth-order valence-corrected chi connectivity index (χ4v) is 5.26. The minimum Gasteiger partial charge on any atom is -0.497 e. The standard InChI is InChI=1S/C29H33F4N3O4/c1-35(2)25-17-34-24-5-4-19(39-3)16-20(24)26(25)21(31)6-7-29(28(37)38)8-10-36(11-9-29)12-13-40-27-22(32)14-18(30)15-23(27)33/h4-5,14-17,21H,6-13H2,1-3H3,(H,37,38). The lowest BCUT2D eigenvalue weighted by atomic mass is 9.74. The molecular formula is C29H33F4N3O4. The number of aliphatic carboxylic acids is 1. The van der Waals surface area contributed by atoms with Crippen molar-refractivity contribution in [3.05, 3.63) is 59.5 Å². The van der Waals surface area contributed by atoms with Crippen LogP contribution in [-0.2, 0) is 4.79 Å². The summed E-state index contributed by atoms with van der Waals surface area (Å²) in [5, 5.41) is 10.8. The van der Waals surface area contributed by atoms with Gasteiger partial charge >= 0.3 is 5.97 Å². The molecule has 1 unspecified atom stereocenters. The van der Waals surface area contributed by atoms with Gasteiger partial charge in [-0.05, 0) is 57.0 Å². The topological polar surface area (TPSA) is 75.1 Å². The average molecular weight is 564 g/mol. The van der Waals surface area contributed by atoms with Crippen molar-refractivity contribution in [2.45, 2.75) is 31.9 Å². The Hall–Kier alpha value is -3.60. The van der Waals surface area contributed by atoms with Gasteiger partial charge in [-0.25, -0.2) is 17.6 Å². The Bertz CT molecular complexity index is 1340. The Morgan fingerprint density at radius 1 is 1.15 bits per heavy atom. The highest BCUT2D eigenvalue weighted by Gasteiger charge is 2.42. The number of hydrogen-bond donors (Lipinski definition) is 1. The second-order valence-corrected chi connectivity index (χ2v) is 10.3. The van der Waals surface area contributed by atoms with Crippen LogP contribution in [0.1, 0.15) is 37.4 Å². The summed E-state index contributed by atoms with van der Waals surface area (Å²) in [6, 6.07) is 6.36. The van der Waals surface area contributed by atoms with Crippen LogP contribution in [0.15, 0.2) is 36.5 Å². The van der Waals surface area contributed by atoms with Crippen LogP contribution in [0.3, 0.4) is 0 Å². The normalized spacial score (nSPS) is 16.1. The summed E-state index contributed by atoms with van der Waals surface area (Å²) in [7, 11) is 5.14. The van der Waals surface area contributed by atoms with Crippen molar-refractivity contribution in [3.8, 4) is 11.5 Å². The number of halogens is 4. The van der Waals surface area contributed by atoms with Gasteiger partial charge in [-0.1, -0.05) is 0 Å². The first-order valence-corrected chi connectivity index (χ1v) is 13.1. The first-order chi connectivity index (χ1) is 19.0. The number of ether oxygens (including phenoxy) is 2. The predicted molar refractivity (Wildman–Crippen MR) is 143 cm³/mol. The van der Waals surface area contributed by atoms with E-state index in [1.54, 1.807) is 43.4 Å². The summed E-state index contributed by atoms with van der Waals surface area (Å²) in [5.41, 5.74) is 0.578. The zero-order chi connectivity index (χ0) is 29.0. The van der Waals surface area contributed by atoms with Crippen molar-refractivity contribution in [3.63, 3.8) is 0 Å². The molecule has 0 radical (unpaired) electrons. The first-order valence-electron chi connectivity index (χ1n) is 13.1. The Morgan fingerprint density at radius 3 is 2.42 bits per heavy atom. The number of hydrogen-bond acceptors (Lipinski definition) is 6. The fraction of sp³-hybridized carbons (Fsp3) is 0.448. The number of methoxy groups -OCH3 is 1. The molecule has 1 aliphatic rings. The minimum atomic E-state index is -1.43. The molecule has 3 aromatic rings. The number of likely N-dealkylation sites (tertiary alicyclic amines) is 1. The van der Waals surface area contributed by atoms with Gasteiger partial charge in [-0.15, -0.1) is 0 Å². The van der Waals surface area contributed by atoms with Gasteiger partial charge in [0.15, 0.2) is 17.4 Å². The zero-order valence-electron chi connectivity index (χ0n) is 22.7. The summed E-state index contributed by atoms with van der Waals surface area (Å²) in [6.07, 6.45) is 0.919. The molecule has 1 fully saturated rings. The zero-order valence-corrected chi connectivity index (χ0v) is 22.7. The third kappa shape index (κ3) is 6.24. The van der Waals surface area contributed by atoms with E-state index in [4.69, 9.17) is 9.47 Å².